The molecule has 106 valence electrons. The largest absolute Gasteiger partial charge is 0.439 e. The van der Waals surface area contributed by atoms with Gasteiger partial charge in [0.15, 0.2) is 0 Å². The maximum absolute atomic E-state index is 13.3. The van der Waals surface area contributed by atoms with E-state index in [1.807, 2.05) is 30.3 Å². The fraction of sp³-hybridized carbons (Fsp3) is 0.118. The molecular weight excluding hydrogens is 333 g/mol. The summed E-state index contributed by atoms with van der Waals surface area (Å²) in [5, 5.41) is 1.70. The summed E-state index contributed by atoms with van der Waals surface area (Å²) in [5.41, 5.74) is 2.38. The van der Waals surface area contributed by atoms with Crippen LogP contribution in [0.15, 0.2) is 48.5 Å². The van der Waals surface area contributed by atoms with E-state index >= 15 is 0 Å². The number of rotatable bonds is 3. The summed E-state index contributed by atoms with van der Waals surface area (Å²) in [6.45, 7) is 1.71. The average Bonchev–Trinajstić information content (AvgIpc) is 2.50. The zero-order chi connectivity index (χ0) is 14.8. The van der Waals surface area contributed by atoms with Crippen LogP contribution in [0.3, 0.4) is 0 Å². The number of ether oxygens (including phenoxy) is 1. The van der Waals surface area contributed by atoms with Crippen LogP contribution < -0.4 is 4.74 Å². The standard InChI is InChI=1S/C17H13BrFNO/c1-11-8-14(6-7-15(11)19)21-17-13(10-18)9-12-4-2-3-5-16(12)20-17/h2-9H,10H2,1H3. The fourth-order valence-corrected chi connectivity index (χ4v) is 2.52. The SMILES string of the molecule is Cc1cc(Oc2nc3ccccc3cc2CBr)ccc1F. The van der Waals surface area contributed by atoms with Gasteiger partial charge in [0.1, 0.15) is 11.6 Å². The van der Waals surface area contributed by atoms with Gasteiger partial charge in [-0.2, -0.15) is 0 Å². The normalized spacial score (nSPS) is 10.8. The van der Waals surface area contributed by atoms with Crippen LogP contribution in [-0.4, -0.2) is 4.98 Å². The molecule has 0 spiro atoms. The third kappa shape index (κ3) is 2.90. The van der Waals surface area contributed by atoms with Gasteiger partial charge in [0.2, 0.25) is 5.88 Å². The highest BCUT2D eigenvalue weighted by Crippen LogP contribution is 2.29. The number of fused-ring (bicyclic) bond motifs is 1. The first-order chi connectivity index (χ1) is 10.2. The number of benzene rings is 2. The van der Waals surface area contributed by atoms with Crippen molar-refractivity contribution >= 4 is 26.8 Å². The van der Waals surface area contributed by atoms with Crippen LogP contribution in [0.25, 0.3) is 10.9 Å². The molecule has 2 nitrogen and oxygen atoms in total. The van der Waals surface area contributed by atoms with Gasteiger partial charge in [0, 0.05) is 16.3 Å². The molecule has 4 heteroatoms. The second-order valence-corrected chi connectivity index (χ2v) is 5.35. The first-order valence-electron chi connectivity index (χ1n) is 6.56. The maximum atomic E-state index is 13.3. The first-order valence-corrected chi connectivity index (χ1v) is 7.68. The van der Waals surface area contributed by atoms with E-state index in [9.17, 15) is 4.39 Å². The summed E-state index contributed by atoms with van der Waals surface area (Å²) in [7, 11) is 0. The molecular formula is C17H13BrFNO. The van der Waals surface area contributed by atoms with Crippen molar-refractivity contribution in [1.82, 2.24) is 4.98 Å². The molecule has 0 saturated heterocycles. The second kappa shape index (κ2) is 5.82. The molecule has 0 bridgehead atoms. The highest BCUT2D eigenvalue weighted by atomic mass is 79.9. The van der Waals surface area contributed by atoms with Crippen LogP contribution in [0.2, 0.25) is 0 Å². The number of hydrogen-bond acceptors (Lipinski definition) is 2. The lowest BCUT2D eigenvalue weighted by Crippen LogP contribution is -1.95. The van der Waals surface area contributed by atoms with Gasteiger partial charge in [0.05, 0.1) is 5.52 Å². The number of alkyl halides is 1. The highest BCUT2D eigenvalue weighted by Gasteiger charge is 2.09. The van der Waals surface area contributed by atoms with Crippen LogP contribution in [0.1, 0.15) is 11.1 Å². The van der Waals surface area contributed by atoms with E-state index < -0.39 is 0 Å². The summed E-state index contributed by atoms with van der Waals surface area (Å²) in [6.07, 6.45) is 0. The number of halogens is 2. The zero-order valence-corrected chi connectivity index (χ0v) is 13.0. The van der Waals surface area contributed by atoms with Gasteiger partial charge in [-0.3, -0.25) is 0 Å². The minimum absolute atomic E-state index is 0.241. The summed E-state index contributed by atoms with van der Waals surface area (Å²) >= 11 is 3.45. The molecule has 1 heterocycles. The Morgan fingerprint density at radius 3 is 2.71 bits per heavy atom. The van der Waals surface area contributed by atoms with Gasteiger partial charge in [-0.1, -0.05) is 34.1 Å². The van der Waals surface area contributed by atoms with E-state index in [-0.39, 0.29) is 5.82 Å². The second-order valence-electron chi connectivity index (χ2n) is 4.79. The molecule has 2 aromatic carbocycles. The minimum atomic E-state index is -0.241. The molecule has 1 aromatic heterocycles. The Morgan fingerprint density at radius 1 is 1.14 bits per heavy atom. The molecule has 0 saturated carbocycles. The molecule has 0 radical (unpaired) electrons. The third-order valence-electron chi connectivity index (χ3n) is 3.25. The number of para-hydroxylation sites is 1. The Labute approximate surface area is 130 Å². The van der Waals surface area contributed by atoms with Crippen molar-refractivity contribution in [2.45, 2.75) is 12.3 Å². The molecule has 0 fully saturated rings. The van der Waals surface area contributed by atoms with E-state index in [1.165, 1.54) is 6.07 Å². The van der Waals surface area contributed by atoms with Gasteiger partial charge < -0.3 is 4.74 Å². The van der Waals surface area contributed by atoms with Crippen molar-refractivity contribution in [1.29, 1.82) is 0 Å². The third-order valence-corrected chi connectivity index (χ3v) is 3.86. The highest BCUT2D eigenvalue weighted by molar-refractivity contribution is 9.08. The zero-order valence-electron chi connectivity index (χ0n) is 11.4. The van der Waals surface area contributed by atoms with Crippen LogP contribution >= 0.6 is 15.9 Å². The minimum Gasteiger partial charge on any atom is -0.439 e. The van der Waals surface area contributed by atoms with Crippen LogP contribution in [0, 0.1) is 12.7 Å². The Hall–Kier alpha value is -1.94. The molecule has 0 N–H and O–H groups in total. The molecule has 0 atom stereocenters. The van der Waals surface area contributed by atoms with E-state index in [4.69, 9.17) is 4.74 Å². The molecule has 0 aliphatic rings. The molecule has 0 amide bonds. The van der Waals surface area contributed by atoms with E-state index in [1.54, 1.807) is 19.1 Å². The number of aromatic nitrogens is 1. The molecule has 0 unspecified atom stereocenters. The molecule has 3 aromatic rings. The summed E-state index contributed by atoms with van der Waals surface area (Å²) < 4.78 is 19.1. The monoisotopic (exact) mass is 345 g/mol. The lowest BCUT2D eigenvalue weighted by molar-refractivity contribution is 0.458. The number of pyridine rings is 1. The smallest absolute Gasteiger partial charge is 0.223 e. The van der Waals surface area contributed by atoms with Crippen LogP contribution in [-0.2, 0) is 5.33 Å². The van der Waals surface area contributed by atoms with Crippen molar-refractivity contribution in [3.05, 3.63) is 65.5 Å². The first kappa shape index (κ1) is 14.0. The van der Waals surface area contributed by atoms with Gasteiger partial charge in [-0.25, -0.2) is 9.37 Å². The van der Waals surface area contributed by atoms with Crippen molar-refractivity contribution < 1.29 is 9.13 Å². The summed E-state index contributed by atoms with van der Waals surface area (Å²) in [6, 6.07) is 14.6. The summed E-state index contributed by atoms with van der Waals surface area (Å²) in [4.78, 5) is 4.55. The van der Waals surface area contributed by atoms with Gasteiger partial charge >= 0.3 is 0 Å². The molecule has 21 heavy (non-hydrogen) atoms. The molecule has 0 aliphatic heterocycles. The predicted molar refractivity (Wildman–Crippen MR) is 85.6 cm³/mol. The lowest BCUT2D eigenvalue weighted by Gasteiger charge is -2.11. The Kier molecular flexibility index (Phi) is 3.88. The van der Waals surface area contributed by atoms with Crippen LogP contribution in [0.5, 0.6) is 11.6 Å². The number of aryl methyl sites for hydroxylation is 1. The van der Waals surface area contributed by atoms with Crippen molar-refractivity contribution in [2.75, 3.05) is 0 Å². The van der Waals surface area contributed by atoms with Crippen molar-refractivity contribution in [3.63, 3.8) is 0 Å². The number of nitrogens with zero attached hydrogens (tertiary/aromatic N) is 1. The Bertz CT molecular complexity index is 804. The van der Waals surface area contributed by atoms with Gasteiger partial charge in [-0.05, 0) is 42.8 Å². The lowest BCUT2D eigenvalue weighted by atomic mass is 10.1. The topological polar surface area (TPSA) is 22.1 Å². The number of hydrogen-bond donors (Lipinski definition) is 0. The van der Waals surface area contributed by atoms with Gasteiger partial charge in [0.25, 0.3) is 0 Å². The molecule has 3 rings (SSSR count). The van der Waals surface area contributed by atoms with Crippen molar-refractivity contribution in [2.24, 2.45) is 0 Å². The molecule has 0 aliphatic carbocycles. The van der Waals surface area contributed by atoms with E-state index in [0.29, 0.717) is 22.5 Å². The fourth-order valence-electron chi connectivity index (χ4n) is 2.12. The maximum Gasteiger partial charge on any atom is 0.223 e. The summed E-state index contributed by atoms with van der Waals surface area (Å²) in [5.74, 6) is 0.880. The van der Waals surface area contributed by atoms with Gasteiger partial charge in [-0.15, -0.1) is 0 Å². The quantitative estimate of drug-likeness (QED) is 0.595. The van der Waals surface area contributed by atoms with Crippen molar-refractivity contribution in [3.8, 4) is 11.6 Å². The average molecular weight is 346 g/mol. The van der Waals surface area contributed by atoms with Crippen LogP contribution in [0.4, 0.5) is 4.39 Å². The Balaban J connectivity index is 2.04. The predicted octanol–water partition coefficient (Wildman–Crippen LogP) is 5.37. The van der Waals surface area contributed by atoms with E-state index in [0.717, 1.165) is 16.5 Å². The Morgan fingerprint density at radius 2 is 1.95 bits per heavy atom. The van der Waals surface area contributed by atoms with E-state index in [2.05, 4.69) is 20.9 Å².